The van der Waals surface area contributed by atoms with Gasteiger partial charge in [0, 0.05) is 6.42 Å². The molecule has 4 atom stereocenters. The van der Waals surface area contributed by atoms with Crippen LogP contribution < -0.4 is 0 Å². The van der Waals surface area contributed by atoms with Crippen LogP contribution in [0.3, 0.4) is 0 Å². The van der Waals surface area contributed by atoms with E-state index in [0.717, 1.165) is 0 Å². The van der Waals surface area contributed by atoms with Gasteiger partial charge in [-0.2, -0.15) is 13.5 Å². The van der Waals surface area contributed by atoms with E-state index < -0.39 is 18.3 Å². The van der Waals surface area contributed by atoms with Crippen LogP contribution in [0.4, 0.5) is 0 Å². The Morgan fingerprint density at radius 1 is 1.20 bits per heavy atom. The van der Waals surface area contributed by atoms with Crippen LogP contribution in [0.1, 0.15) is 19.3 Å². The molecule has 0 radical (unpaired) electrons. The van der Waals surface area contributed by atoms with E-state index in [1.54, 1.807) is 0 Å². The second-order valence-corrected chi connectivity index (χ2v) is 3.74. The number of rotatable bonds is 4. The molecule has 4 unspecified atom stereocenters. The fourth-order valence-electron chi connectivity index (χ4n) is 1.54. The molecule has 1 aliphatic carbocycles. The number of hydrogen-bond donors (Lipinski definition) is 4. The normalized spacial score (nSPS) is 33.2. The molecule has 1 fully saturated rings. The van der Waals surface area contributed by atoms with Crippen molar-refractivity contribution in [3.8, 4) is 0 Å². The Balaban J connectivity index is 0.00000196. The first-order valence-corrected chi connectivity index (χ1v) is 4.90. The molecule has 0 aromatic carbocycles. The largest absolute Gasteiger partial charge is 0.394 e. The van der Waals surface area contributed by atoms with Gasteiger partial charge < -0.3 is 25.2 Å². The van der Waals surface area contributed by atoms with Crippen LogP contribution in [0.2, 0.25) is 0 Å². The summed E-state index contributed by atoms with van der Waals surface area (Å²) in [5.41, 5.74) is 0. The van der Waals surface area contributed by atoms with Crippen molar-refractivity contribution in [2.24, 2.45) is 0 Å². The summed E-state index contributed by atoms with van der Waals surface area (Å²) in [5, 5.41) is 36.1. The summed E-state index contributed by atoms with van der Waals surface area (Å²) in [6.45, 7) is -0.248. The molecule has 1 aliphatic rings. The molecular formula is C9H20O5S. The Morgan fingerprint density at radius 3 is 2.40 bits per heavy atom. The van der Waals surface area contributed by atoms with Gasteiger partial charge in [-0.15, -0.1) is 0 Å². The van der Waals surface area contributed by atoms with E-state index in [9.17, 15) is 10.2 Å². The van der Waals surface area contributed by atoms with E-state index in [1.807, 2.05) is 0 Å². The molecule has 6 heteroatoms. The van der Waals surface area contributed by atoms with Crippen LogP contribution in [-0.4, -0.2) is 58.1 Å². The van der Waals surface area contributed by atoms with Crippen LogP contribution in [0, 0.1) is 0 Å². The Kier molecular flexibility index (Phi) is 7.50. The Labute approximate surface area is 96.1 Å². The SMILES string of the molecule is OCC(O)COC1CCC(O)C(O)C1.S. The van der Waals surface area contributed by atoms with Crippen molar-refractivity contribution in [2.75, 3.05) is 13.2 Å². The van der Waals surface area contributed by atoms with Gasteiger partial charge in [0.25, 0.3) is 0 Å². The summed E-state index contributed by atoms with van der Waals surface area (Å²) in [6, 6.07) is 0. The minimum Gasteiger partial charge on any atom is -0.394 e. The highest BCUT2D eigenvalue weighted by molar-refractivity contribution is 7.59. The molecular weight excluding hydrogens is 220 g/mol. The van der Waals surface area contributed by atoms with E-state index in [2.05, 4.69) is 0 Å². The highest BCUT2D eigenvalue weighted by Crippen LogP contribution is 2.21. The third-order valence-corrected chi connectivity index (χ3v) is 2.47. The number of ether oxygens (including phenoxy) is 1. The zero-order valence-corrected chi connectivity index (χ0v) is 9.54. The molecule has 0 aromatic rings. The van der Waals surface area contributed by atoms with Crippen molar-refractivity contribution in [3.05, 3.63) is 0 Å². The molecule has 0 saturated heterocycles. The van der Waals surface area contributed by atoms with Crippen LogP contribution in [0.5, 0.6) is 0 Å². The summed E-state index contributed by atoms with van der Waals surface area (Å²) >= 11 is 0. The van der Waals surface area contributed by atoms with Crippen molar-refractivity contribution in [1.29, 1.82) is 0 Å². The summed E-state index contributed by atoms with van der Waals surface area (Å²) in [4.78, 5) is 0. The minimum atomic E-state index is -0.862. The maximum atomic E-state index is 9.33. The maximum absolute atomic E-state index is 9.33. The fourth-order valence-corrected chi connectivity index (χ4v) is 1.54. The van der Waals surface area contributed by atoms with Crippen molar-refractivity contribution in [1.82, 2.24) is 0 Å². The van der Waals surface area contributed by atoms with Crippen LogP contribution in [0.15, 0.2) is 0 Å². The monoisotopic (exact) mass is 240 g/mol. The van der Waals surface area contributed by atoms with Gasteiger partial charge in [-0.1, -0.05) is 0 Å². The van der Waals surface area contributed by atoms with Crippen molar-refractivity contribution in [2.45, 2.75) is 43.7 Å². The predicted octanol–water partition coefficient (Wildman–Crippen LogP) is -1.26. The van der Waals surface area contributed by atoms with E-state index >= 15 is 0 Å². The fraction of sp³-hybridized carbons (Fsp3) is 1.00. The van der Waals surface area contributed by atoms with E-state index in [0.29, 0.717) is 19.3 Å². The topological polar surface area (TPSA) is 90.2 Å². The van der Waals surface area contributed by atoms with Crippen LogP contribution >= 0.6 is 13.5 Å². The molecule has 0 amide bonds. The van der Waals surface area contributed by atoms with Gasteiger partial charge in [0.1, 0.15) is 6.10 Å². The Morgan fingerprint density at radius 2 is 1.87 bits per heavy atom. The highest BCUT2D eigenvalue weighted by atomic mass is 32.1. The molecule has 0 bridgehead atoms. The van der Waals surface area contributed by atoms with Crippen molar-refractivity contribution < 1.29 is 25.2 Å². The molecule has 0 aromatic heterocycles. The van der Waals surface area contributed by atoms with Gasteiger partial charge in [0.05, 0.1) is 31.5 Å². The molecule has 92 valence electrons. The lowest BCUT2D eigenvalue weighted by molar-refractivity contribution is -0.0919. The zero-order valence-electron chi connectivity index (χ0n) is 8.54. The quantitative estimate of drug-likeness (QED) is 0.493. The molecule has 5 nitrogen and oxygen atoms in total. The second-order valence-electron chi connectivity index (χ2n) is 3.74. The van der Waals surface area contributed by atoms with Crippen LogP contribution in [0.25, 0.3) is 0 Å². The lowest BCUT2D eigenvalue weighted by atomic mass is 9.92. The highest BCUT2D eigenvalue weighted by Gasteiger charge is 2.28. The van der Waals surface area contributed by atoms with Gasteiger partial charge in [0.15, 0.2) is 0 Å². The zero-order chi connectivity index (χ0) is 10.6. The molecule has 0 aliphatic heterocycles. The van der Waals surface area contributed by atoms with Crippen LogP contribution in [-0.2, 0) is 4.74 Å². The standard InChI is InChI=1S/C9H18O5.H2S/c10-4-6(11)5-14-7-1-2-8(12)9(13)3-7;/h6-13H,1-5H2;1H2. The lowest BCUT2D eigenvalue weighted by Crippen LogP contribution is -2.38. The number of aliphatic hydroxyl groups excluding tert-OH is 4. The first kappa shape index (κ1) is 15.2. The van der Waals surface area contributed by atoms with Gasteiger partial charge in [-0.3, -0.25) is 0 Å². The smallest absolute Gasteiger partial charge is 0.100 e. The maximum Gasteiger partial charge on any atom is 0.100 e. The van der Waals surface area contributed by atoms with Gasteiger partial charge in [-0.25, -0.2) is 0 Å². The summed E-state index contributed by atoms with van der Waals surface area (Å²) < 4.78 is 5.27. The molecule has 1 rings (SSSR count). The minimum absolute atomic E-state index is 0. The molecule has 0 spiro atoms. The summed E-state index contributed by atoms with van der Waals surface area (Å²) in [6.07, 6.45) is -0.803. The first-order chi connectivity index (χ1) is 6.63. The first-order valence-electron chi connectivity index (χ1n) is 4.90. The van der Waals surface area contributed by atoms with Gasteiger partial charge >= 0.3 is 0 Å². The van der Waals surface area contributed by atoms with Gasteiger partial charge in [0.2, 0.25) is 0 Å². The third kappa shape index (κ3) is 5.14. The lowest BCUT2D eigenvalue weighted by Gasteiger charge is -2.30. The Bertz CT molecular complexity index is 169. The molecule has 15 heavy (non-hydrogen) atoms. The van der Waals surface area contributed by atoms with Crippen molar-refractivity contribution >= 4 is 13.5 Å². The predicted molar refractivity (Wildman–Crippen MR) is 59.1 cm³/mol. The molecule has 1 saturated carbocycles. The van der Waals surface area contributed by atoms with Crippen molar-refractivity contribution in [3.63, 3.8) is 0 Å². The van der Waals surface area contributed by atoms with E-state index in [1.165, 1.54) is 0 Å². The third-order valence-electron chi connectivity index (χ3n) is 2.47. The Hall–Kier alpha value is 0.150. The number of aliphatic hydroxyl groups is 4. The van der Waals surface area contributed by atoms with Gasteiger partial charge in [-0.05, 0) is 12.8 Å². The average Bonchev–Trinajstić information content (AvgIpc) is 2.19. The summed E-state index contributed by atoms with van der Waals surface area (Å²) in [5.74, 6) is 0. The molecule has 0 heterocycles. The summed E-state index contributed by atoms with van der Waals surface area (Å²) in [7, 11) is 0. The van der Waals surface area contributed by atoms with E-state index in [-0.39, 0.29) is 32.8 Å². The second kappa shape index (κ2) is 7.43. The number of hydrogen-bond acceptors (Lipinski definition) is 5. The molecule has 4 N–H and O–H groups in total. The average molecular weight is 240 g/mol. The van der Waals surface area contributed by atoms with E-state index in [4.69, 9.17) is 14.9 Å².